The molecule has 0 fully saturated rings. The van der Waals surface area contributed by atoms with Crippen LogP contribution in [0.25, 0.3) is 0 Å². The first-order valence-corrected chi connectivity index (χ1v) is 7.20. The number of methoxy groups -OCH3 is 1. The summed E-state index contributed by atoms with van der Waals surface area (Å²) in [7, 11) is 1.57. The number of carbonyl (C=O) groups excluding carboxylic acids is 2. The Kier molecular flexibility index (Phi) is 7.58. The Morgan fingerprint density at radius 2 is 2.05 bits per heavy atom. The van der Waals surface area contributed by atoms with Crippen molar-refractivity contribution in [2.24, 2.45) is 0 Å². The van der Waals surface area contributed by atoms with Crippen LogP contribution in [0.1, 0.15) is 16.8 Å². The van der Waals surface area contributed by atoms with Crippen molar-refractivity contribution >= 4 is 39.3 Å². The van der Waals surface area contributed by atoms with Gasteiger partial charge in [-0.1, -0.05) is 11.6 Å². The summed E-state index contributed by atoms with van der Waals surface area (Å²) in [5.41, 5.74) is 0.487. The normalized spacial score (nSPS) is 10.2. The molecule has 0 saturated carbocycles. The standard InChI is InChI=1S/C13H16BrClN2O3/c1-20-7-6-16-12(18)4-5-17-13(19)9-2-3-11(15)10(14)8-9/h2-3,8H,4-7H2,1H3,(H,16,18)(H,17,19). The smallest absolute Gasteiger partial charge is 0.251 e. The third-order valence-electron chi connectivity index (χ3n) is 2.45. The second-order valence-electron chi connectivity index (χ2n) is 3.98. The lowest BCUT2D eigenvalue weighted by molar-refractivity contribution is -0.121. The van der Waals surface area contributed by atoms with E-state index in [0.717, 1.165) is 0 Å². The van der Waals surface area contributed by atoms with Gasteiger partial charge in [0.25, 0.3) is 5.91 Å². The fourth-order valence-electron chi connectivity index (χ4n) is 1.41. The summed E-state index contributed by atoms with van der Waals surface area (Å²) in [5.74, 6) is -0.369. The molecule has 0 heterocycles. The Morgan fingerprint density at radius 3 is 2.70 bits per heavy atom. The van der Waals surface area contributed by atoms with Crippen molar-refractivity contribution in [3.05, 3.63) is 33.3 Å². The molecule has 5 nitrogen and oxygen atoms in total. The zero-order valence-corrected chi connectivity index (χ0v) is 13.4. The van der Waals surface area contributed by atoms with Gasteiger partial charge in [-0.15, -0.1) is 0 Å². The summed E-state index contributed by atoms with van der Waals surface area (Å²) in [6.07, 6.45) is 0.226. The molecule has 2 N–H and O–H groups in total. The second-order valence-corrected chi connectivity index (χ2v) is 5.24. The maximum absolute atomic E-state index is 11.8. The Hall–Kier alpha value is -1.11. The highest BCUT2D eigenvalue weighted by Gasteiger charge is 2.08. The van der Waals surface area contributed by atoms with Crippen molar-refractivity contribution in [1.29, 1.82) is 0 Å². The zero-order chi connectivity index (χ0) is 15.0. The molecular formula is C13H16BrClN2O3. The van der Waals surface area contributed by atoms with E-state index in [2.05, 4.69) is 26.6 Å². The lowest BCUT2D eigenvalue weighted by Gasteiger charge is -2.07. The van der Waals surface area contributed by atoms with Gasteiger partial charge in [-0.05, 0) is 34.1 Å². The van der Waals surface area contributed by atoms with E-state index in [-0.39, 0.29) is 24.8 Å². The molecule has 0 radical (unpaired) electrons. The fourth-order valence-corrected chi connectivity index (χ4v) is 1.91. The molecule has 0 bridgehead atoms. The Morgan fingerprint density at radius 1 is 1.30 bits per heavy atom. The summed E-state index contributed by atoms with van der Waals surface area (Å²) in [6.45, 7) is 1.21. The first kappa shape index (κ1) is 16.9. The minimum Gasteiger partial charge on any atom is -0.383 e. The molecule has 0 spiro atoms. The minimum absolute atomic E-state index is 0.125. The van der Waals surface area contributed by atoms with Gasteiger partial charge in [0.2, 0.25) is 5.91 Å². The van der Waals surface area contributed by atoms with Crippen LogP contribution in [0.15, 0.2) is 22.7 Å². The molecule has 7 heteroatoms. The van der Waals surface area contributed by atoms with Gasteiger partial charge < -0.3 is 15.4 Å². The van der Waals surface area contributed by atoms with Crippen LogP contribution in [0.4, 0.5) is 0 Å². The van der Waals surface area contributed by atoms with Crippen molar-refractivity contribution in [2.45, 2.75) is 6.42 Å². The summed E-state index contributed by atoms with van der Waals surface area (Å²) < 4.78 is 5.47. The second kappa shape index (κ2) is 8.94. The summed E-state index contributed by atoms with van der Waals surface area (Å²) in [6, 6.07) is 4.90. The molecule has 1 aromatic rings. The van der Waals surface area contributed by atoms with Crippen LogP contribution in [-0.4, -0.2) is 38.6 Å². The van der Waals surface area contributed by atoms with Crippen LogP contribution >= 0.6 is 27.5 Å². The molecule has 1 rings (SSSR count). The van der Waals surface area contributed by atoms with Gasteiger partial charge >= 0.3 is 0 Å². The van der Waals surface area contributed by atoms with Crippen LogP contribution in [0.5, 0.6) is 0 Å². The topological polar surface area (TPSA) is 67.4 Å². The van der Waals surface area contributed by atoms with Crippen LogP contribution in [0, 0.1) is 0 Å². The van der Waals surface area contributed by atoms with Gasteiger partial charge in [0, 0.05) is 36.7 Å². The van der Waals surface area contributed by atoms with E-state index in [9.17, 15) is 9.59 Å². The number of nitrogens with one attached hydrogen (secondary N) is 2. The van der Waals surface area contributed by atoms with E-state index >= 15 is 0 Å². The Labute approximate surface area is 131 Å². The first-order chi connectivity index (χ1) is 9.54. The van der Waals surface area contributed by atoms with Crippen LogP contribution < -0.4 is 10.6 Å². The average Bonchev–Trinajstić information content (AvgIpc) is 2.42. The van der Waals surface area contributed by atoms with E-state index < -0.39 is 0 Å². The molecule has 1 aromatic carbocycles. The molecule has 0 aromatic heterocycles. The van der Waals surface area contributed by atoms with Gasteiger partial charge in [0.05, 0.1) is 11.6 Å². The number of halogens is 2. The van der Waals surface area contributed by atoms with Gasteiger partial charge in [-0.3, -0.25) is 9.59 Å². The quantitative estimate of drug-likeness (QED) is 0.728. The number of rotatable bonds is 7. The summed E-state index contributed by atoms with van der Waals surface area (Å²) in [5, 5.41) is 5.89. The molecular weight excluding hydrogens is 348 g/mol. The lowest BCUT2D eigenvalue weighted by Crippen LogP contribution is -2.32. The van der Waals surface area contributed by atoms with Crippen LogP contribution in [0.2, 0.25) is 5.02 Å². The first-order valence-electron chi connectivity index (χ1n) is 6.03. The van der Waals surface area contributed by atoms with Crippen molar-refractivity contribution in [2.75, 3.05) is 26.8 Å². The van der Waals surface area contributed by atoms with E-state index in [0.29, 0.717) is 28.2 Å². The van der Waals surface area contributed by atoms with Gasteiger partial charge in [-0.25, -0.2) is 0 Å². The van der Waals surface area contributed by atoms with E-state index in [4.69, 9.17) is 16.3 Å². The number of benzene rings is 1. The van der Waals surface area contributed by atoms with Crippen LogP contribution in [0.3, 0.4) is 0 Å². The predicted molar refractivity (Wildman–Crippen MR) is 81.0 cm³/mol. The zero-order valence-electron chi connectivity index (χ0n) is 11.0. The van der Waals surface area contributed by atoms with Gasteiger partial charge in [0.15, 0.2) is 0 Å². The molecule has 0 saturated heterocycles. The molecule has 2 amide bonds. The third kappa shape index (κ3) is 5.90. The van der Waals surface area contributed by atoms with E-state index in [1.54, 1.807) is 25.3 Å². The minimum atomic E-state index is -0.243. The van der Waals surface area contributed by atoms with E-state index in [1.165, 1.54) is 0 Å². The Bertz CT molecular complexity index is 483. The highest BCUT2D eigenvalue weighted by Crippen LogP contribution is 2.23. The largest absolute Gasteiger partial charge is 0.383 e. The monoisotopic (exact) mass is 362 g/mol. The highest BCUT2D eigenvalue weighted by atomic mass is 79.9. The average molecular weight is 364 g/mol. The van der Waals surface area contributed by atoms with E-state index in [1.807, 2.05) is 0 Å². The summed E-state index contributed by atoms with van der Waals surface area (Å²) >= 11 is 9.10. The highest BCUT2D eigenvalue weighted by molar-refractivity contribution is 9.10. The van der Waals surface area contributed by atoms with Crippen molar-refractivity contribution in [3.8, 4) is 0 Å². The van der Waals surface area contributed by atoms with Crippen molar-refractivity contribution in [3.63, 3.8) is 0 Å². The molecule has 0 atom stereocenters. The maximum atomic E-state index is 11.8. The molecule has 0 aliphatic carbocycles. The molecule has 0 aliphatic rings. The summed E-state index contributed by atoms with van der Waals surface area (Å²) in [4.78, 5) is 23.2. The molecule has 20 heavy (non-hydrogen) atoms. The molecule has 0 aliphatic heterocycles. The number of hydrogen-bond acceptors (Lipinski definition) is 3. The lowest BCUT2D eigenvalue weighted by atomic mass is 10.2. The van der Waals surface area contributed by atoms with Gasteiger partial charge in [-0.2, -0.15) is 0 Å². The SMILES string of the molecule is COCCNC(=O)CCNC(=O)c1ccc(Cl)c(Br)c1. The van der Waals surface area contributed by atoms with Crippen LogP contribution in [-0.2, 0) is 9.53 Å². The van der Waals surface area contributed by atoms with Crippen molar-refractivity contribution in [1.82, 2.24) is 10.6 Å². The third-order valence-corrected chi connectivity index (χ3v) is 3.66. The number of carbonyl (C=O) groups is 2. The Balaban J connectivity index is 2.32. The van der Waals surface area contributed by atoms with Gasteiger partial charge in [0.1, 0.15) is 0 Å². The predicted octanol–water partition coefficient (Wildman–Crippen LogP) is 1.99. The molecule has 110 valence electrons. The number of ether oxygens (including phenoxy) is 1. The van der Waals surface area contributed by atoms with Crippen molar-refractivity contribution < 1.29 is 14.3 Å². The fraction of sp³-hybridized carbons (Fsp3) is 0.385. The number of amides is 2. The molecule has 0 unspecified atom stereocenters. The maximum Gasteiger partial charge on any atom is 0.251 e. The number of hydrogen-bond donors (Lipinski definition) is 2.